The molecule has 0 radical (unpaired) electrons. The molecule has 1 aliphatic rings. The van der Waals surface area contributed by atoms with Crippen LogP contribution < -0.4 is 5.73 Å². The highest BCUT2D eigenvalue weighted by Crippen LogP contribution is 2.44. The zero-order chi connectivity index (χ0) is 14.2. The van der Waals surface area contributed by atoms with Crippen LogP contribution in [0.25, 0.3) is 0 Å². The van der Waals surface area contributed by atoms with E-state index in [0.29, 0.717) is 17.4 Å². The van der Waals surface area contributed by atoms with Crippen LogP contribution in [0.1, 0.15) is 62.6 Å². The standard InChI is InChI=1S/C18H29N/c1-12-6-7-13(2)15(10-12)16-11-14(18(3,4)5)8-9-17(16)19/h6-7,10,14,16-17H,8-9,11,19H2,1-5H3. The van der Waals surface area contributed by atoms with Crippen LogP contribution in [0.5, 0.6) is 0 Å². The van der Waals surface area contributed by atoms with Gasteiger partial charge < -0.3 is 5.73 Å². The molecule has 1 nitrogen and oxygen atoms in total. The zero-order valence-electron chi connectivity index (χ0n) is 13.2. The molecule has 0 heterocycles. The molecule has 1 aromatic rings. The van der Waals surface area contributed by atoms with Crippen molar-refractivity contribution in [3.63, 3.8) is 0 Å². The predicted molar refractivity (Wildman–Crippen MR) is 83.4 cm³/mol. The molecule has 1 fully saturated rings. The molecule has 3 unspecified atom stereocenters. The maximum atomic E-state index is 6.44. The smallest absolute Gasteiger partial charge is 0.0108 e. The maximum Gasteiger partial charge on any atom is 0.0108 e. The number of benzene rings is 1. The quantitative estimate of drug-likeness (QED) is 0.786. The first-order valence-electron chi connectivity index (χ1n) is 7.62. The van der Waals surface area contributed by atoms with E-state index in [-0.39, 0.29) is 0 Å². The largest absolute Gasteiger partial charge is 0.327 e. The monoisotopic (exact) mass is 259 g/mol. The number of rotatable bonds is 1. The van der Waals surface area contributed by atoms with Gasteiger partial charge in [0.25, 0.3) is 0 Å². The zero-order valence-corrected chi connectivity index (χ0v) is 13.2. The summed E-state index contributed by atoms with van der Waals surface area (Å²) in [5, 5.41) is 0. The molecule has 1 saturated carbocycles. The fourth-order valence-corrected chi connectivity index (χ4v) is 3.50. The lowest BCUT2D eigenvalue weighted by Crippen LogP contribution is -2.38. The second kappa shape index (κ2) is 5.28. The van der Waals surface area contributed by atoms with Crippen LogP contribution >= 0.6 is 0 Å². The van der Waals surface area contributed by atoms with Crippen LogP contribution in [0.4, 0.5) is 0 Å². The normalized spacial score (nSPS) is 28.4. The Morgan fingerprint density at radius 2 is 1.79 bits per heavy atom. The molecule has 0 saturated heterocycles. The molecule has 19 heavy (non-hydrogen) atoms. The van der Waals surface area contributed by atoms with Gasteiger partial charge in [-0.05, 0) is 61.5 Å². The molecule has 106 valence electrons. The van der Waals surface area contributed by atoms with Gasteiger partial charge in [-0.2, -0.15) is 0 Å². The van der Waals surface area contributed by atoms with Crippen molar-refractivity contribution in [3.8, 4) is 0 Å². The van der Waals surface area contributed by atoms with Gasteiger partial charge in [0.05, 0.1) is 0 Å². The Hall–Kier alpha value is -0.820. The van der Waals surface area contributed by atoms with Crippen molar-refractivity contribution in [2.45, 2.75) is 65.8 Å². The van der Waals surface area contributed by atoms with Crippen molar-refractivity contribution in [2.75, 3.05) is 0 Å². The van der Waals surface area contributed by atoms with Crippen molar-refractivity contribution in [2.24, 2.45) is 17.1 Å². The van der Waals surface area contributed by atoms with E-state index in [0.717, 1.165) is 5.92 Å². The van der Waals surface area contributed by atoms with Crippen molar-refractivity contribution in [1.29, 1.82) is 0 Å². The third-order valence-corrected chi connectivity index (χ3v) is 4.96. The Morgan fingerprint density at radius 3 is 2.42 bits per heavy atom. The van der Waals surface area contributed by atoms with Crippen molar-refractivity contribution in [3.05, 3.63) is 34.9 Å². The van der Waals surface area contributed by atoms with Crippen LogP contribution in [0.3, 0.4) is 0 Å². The molecule has 0 bridgehead atoms. The molecule has 1 aliphatic carbocycles. The summed E-state index contributed by atoms with van der Waals surface area (Å²) in [7, 11) is 0. The van der Waals surface area contributed by atoms with Gasteiger partial charge in [0, 0.05) is 6.04 Å². The minimum Gasteiger partial charge on any atom is -0.327 e. The topological polar surface area (TPSA) is 26.0 Å². The first kappa shape index (κ1) is 14.6. The van der Waals surface area contributed by atoms with E-state index >= 15 is 0 Å². The Kier molecular flexibility index (Phi) is 4.06. The summed E-state index contributed by atoms with van der Waals surface area (Å²) in [5.74, 6) is 1.33. The van der Waals surface area contributed by atoms with Crippen molar-refractivity contribution >= 4 is 0 Å². The number of hydrogen-bond donors (Lipinski definition) is 1. The highest BCUT2D eigenvalue weighted by molar-refractivity contribution is 5.34. The number of aryl methyl sites for hydroxylation is 2. The second-order valence-electron chi connectivity index (χ2n) is 7.51. The summed E-state index contributed by atoms with van der Waals surface area (Å²) in [6.45, 7) is 11.5. The average Bonchev–Trinajstić information content (AvgIpc) is 2.32. The SMILES string of the molecule is Cc1ccc(C)c(C2CC(C(C)(C)C)CCC2N)c1. The second-order valence-corrected chi connectivity index (χ2v) is 7.51. The summed E-state index contributed by atoms with van der Waals surface area (Å²) in [6.07, 6.45) is 3.70. The Bertz CT molecular complexity index is 441. The van der Waals surface area contributed by atoms with Gasteiger partial charge >= 0.3 is 0 Å². The highest BCUT2D eigenvalue weighted by atomic mass is 14.7. The first-order chi connectivity index (χ1) is 8.79. The van der Waals surface area contributed by atoms with E-state index < -0.39 is 0 Å². The van der Waals surface area contributed by atoms with Gasteiger partial charge in [0.1, 0.15) is 0 Å². The van der Waals surface area contributed by atoms with Crippen molar-refractivity contribution < 1.29 is 0 Å². The van der Waals surface area contributed by atoms with E-state index in [4.69, 9.17) is 5.73 Å². The van der Waals surface area contributed by atoms with Crippen LogP contribution in [0, 0.1) is 25.2 Å². The molecule has 0 amide bonds. The maximum absolute atomic E-state index is 6.44. The lowest BCUT2D eigenvalue weighted by molar-refractivity contribution is 0.153. The average molecular weight is 259 g/mol. The third kappa shape index (κ3) is 3.20. The van der Waals surface area contributed by atoms with Crippen LogP contribution in [0.2, 0.25) is 0 Å². The lowest BCUT2D eigenvalue weighted by atomic mass is 9.66. The molecule has 1 aromatic carbocycles. The van der Waals surface area contributed by atoms with E-state index in [1.165, 1.54) is 36.0 Å². The Balaban J connectivity index is 2.28. The molecule has 2 N–H and O–H groups in total. The fourth-order valence-electron chi connectivity index (χ4n) is 3.50. The molecular weight excluding hydrogens is 230 g/mol. The third-order valence-electron chi connectivity index (χ3n) is 4.96. The Morgan fingerprint density at radius 1 is 1.11 bits per heavy atom. The molecule has 0 aromatic heterocycles. The van der Waals surface area contributed by atoms with Gasteiger partial charge in [-0.25, -0.2) is 0 Å². The molecule has 0 aliphatic heterocycles. The molecule has 2 rings (SSSR count). The summed E-state index contributed by atoms with van der Waals surface area (Å²) < 4.78 is 0. The summed E-state index contributed by atoms with van der Waals surface area (Å²) in [5.41, 5.74) is 11.1. The molecule has 3 atom stereocenters. The minimum atomic E-state index is 0.332. The van der Waals surface area contributed by atoms with Gasteiger partial charge in [0.2, 0.25) is 0 Å². The molecular formula is C18H29N. The van der Waals surface area contributed by atoms with Crippen LogP contribution in [0.15, 0.2) is 18.2 Å². The van der Waals surface area contributed by atoms with Crippen LogP contribution in [-0.2, 0) is 0 Å². The van der Waals surface area contributed by atoms with E-state index in [9.17, 15) is 0 Å². The van der Waals surface area contributed by atoms with Crippen LogP contribution in [-0.4, -0.2) is 6.04 Å². The number of hydrogen-bond acceptors (Lipinski definition) is 1. The Labute approximate surface area is 118 Å². The highest BCUT2D eigenvalue weighted by Gasteiger charge is 2.35. The summed E-state index contributed by atoms with van der Waals surface area (Å²) in [4.78, 5) is 0. The van der Waals surface area contributed by atoms with Gasteiger partial charge in [-0.1, -0.05) is 44.5 Å². The summed E-state index contributed by atoms with van der Waals surface area (Å²) in [6, 6.07) is 7.14. The molecule has 1 heteroatoms. The van der Waals surface area contributed by atoms with Crippen molar-refractivity contribution in [1.82, 2.24) is 0 Å². The summed E-state index contributed by atoms with van der Waals surface area (Å²) >= 11 is 0. The fraction of sp³-hybridized carbons (Fsp3) is 0.667. The van der Waals surface area contributed by atoms with E-state index in [2.05, 4.69) is 52.8 Å². The first-order valence-corrected chi connectivity index (χ1v) is 7.62. The predicted octanol–water partition coefficient (Wildman–Crippen LogP) is 4.56. The van der Waals surface area contributed by atoms with Gasteiger partial charge in [-0.3, -0.25) is 0 Å². The van der Waals surface area contributed by atoms with E-state index in [1.54, 1.807) is 0 Å². The van der Waals surface area contributed by atoms with Gasteiger partial charge in [-0.15, -0.1) is 0 Å². The minimum absolute atomic E-state index is 0.332. The molecule has 0 spiro atoms. The van der Waals surface area contributed by atoms with E-state index in [1.807, 2.05) is 0 Å². The lowest BCUT2D eigenvalue weighted by Gasteiger charge is -2.41. The number of nitrogens with two attached hydrogens (primary N) is 1. The van der Waals surface area contributed by atoms with Gasteiger partial charge in [0.15, 0.2) is 0 Å².